The summed E-state index contributed by atoms with van der Waals surface area (Å²) in [6.07, 6.45) is 2.97. The van der Waals surface area contributed by atoms with Gasteiger partial charge in [0.2, 0.25) is 15.9 Å². The summed E-state index contributed by atoms with van der Waals surface area (Å²) in [5.41, 5.74) is 0.386. The average molecular weight is 356 g/mol. The first-order chi connectivity index (χ1) is 11.3. The molecule has 1 fully saturated rings. The van der Waals surface area contributed by atoms with Crippen molar-refractivity contribution in [2.45, 2.75) is 31.9 Å². The molecule has 0 saturated carbocycles. The van der Waals surface area contributed by atoms with Crippen LogP contribution in [0.15, 0.2) is 24.3 Å². The van der Waals surface area contributed by atoms with Crippen LogP contribution in [-0.4, -0.2) is 53.0 Å². The zero-order valence-corrected chi connectivity index (χ0v) is 15.0. The van der Waals surface area contributed by atoms with Crippen molar-refractivity contribution in [1.29, 1.82) is 0 Å². The van der Waals surface area contributed by atoms with Gasteiger partial charge in [-0.05, 0) is 31.9 Å². The van der Waals surface area contributed by atoms with Crippen LogP contribution < -0.4 is 14.4 Å². The highest BCUT2D eigenvalue weighted by molar-refractivity contribution is 7.92. The van der Waals surface area contributed by atoms with Crippen LogP contribution in [0.1, 0.15) is 19.8 Å². The molecule has 1 amide bonds. The fraction of sp³-hybridized carbons (Fsp3) is 0.562. The van der Waals surface area contributed by atoms with E-state index in [1.807, 2.05) is 0 Å². The van der Waals surface area contributed by atoms with Crippen molar-refractivity contribution in [2.24, 2.45) is 0 Å². The minimum absolute atomic E-state index is 0.00431. The molecule has 0 radical (unpaired) electrons. The molecule has 2 atom stereocenters. The Kier molecular flexibility index (Phi) is 6.06. The summed E-state index contributed by atoms with van der Waals surface area (Å²) in [5, 5.41) is 2.77. The number of carbonyl (C=O) groups is 1. The topological polar surface area (TPSA) is 84.9 Å². The van der Waals surface area contributed by atoms with Crippen LogP contribution in [0.5, 0.6) is 5.75 Å². The Labute approximate surface area is 143 Å². The van der Waals surface area contributed by atoms with E-state index in [1.165, 1.54) is 7.11 Å². The van der Waals surface area contributed by atoms with Gasteiger partial charge in [-0.1, -0.05) is 6.07 Å². The summed E-state index contributed by atoms with van der Waals surface area (Å²) in [5.74, 6) is 0.159. The number of nitrogens with one attached hydrogen (secondary N) is 1. The van der Waals surface area contributed by atoms with Crippen molar-refractivity contribution in [3.05, 3.63) is 24.3 Å². The van der Waals surface area contributed by atoms with Gasteiger partial charge < -0.3 is 14.8 Å². The monoisotopic (exact) mass is 356 g/mol. The quantitative estimate of drug-likeness (QED) is 0.792. The van der Waals surface area contributed by atoms with Crippen molar-refractivity contribution in [3.8, 4) is 5.75 Å². The number of hydrogen-bond donors (Lipinski definition) is 1. The number of methoxy groups -OCH3 is 1. The van der Waals surface area contributed by atoms with Gasteiger partial charge in [0, 0.05) is 19.2 Å². The third kappa shape index (κ3) is 4.61. The van der Waals surface area contributed by atoms with Gasteiger partial charge in [-0.15, -0.1) is 0 Å². The number of ether oxygens (including phenoxy) is 2. The van der Waals surface area contributed by atoms with Gasteiger partial charge in [0.15, 0.2) is 0 Å². The zero-order valence-electron chi connectivity index (χ0n) is 14.2. The Bertz CT molecular complexity index is 671. The third-order valence-electron chi connectivity index (χ3n) is 3.92. The maximum atomic E-state index is 12.4. The molecule has 1 saturated heterocycles. The first-order valence-corrected chi connectivity index (χ1v) is 9.70. The lowest BCUT2D eigenvalue weighted by atomic mass is 10.2. The molecule has 1 aromatic rings. The number of sulfonamides is 1. The van der Waals surface area contributed by atoms with E-state index in [2.05, 4.69) is 5.32 Å². The fourth-order valence-electron chi connectivity index (χ4n) is 2.72. The molecule has 0 aromatic heterocycles. The smallest absolute Gasteiger partial charge is 0.243 e. The normalized spacial score (nSPS) is 18.9. The molecular weight excluding hydrogens is 332 g/mol. The maximum absolute atomic E-state index is 12.4. The SMILES string of the molecule is COc1cccc(N([C@@H](C)C(=O)NC[C@@H]2CCCO2)S(C)(=O)=O)c1. The molecule has 2 rings (SSSR count). The summed E-state index contributed by atoms with van der Waals surface area (Å²) >= 11 is 0. The van der Waals surface area contributed by atoms with E-state index in [9.17, 15) is 13.2 Å². The molecular formula is C16H24N2O5S. The second-order valence-electron chi connectivity index (χ2n) is 5.82. The van der Waals surface area contributed by atoms with E-state index in [1.54, 1.807) is 31.2 Å². The molecule has 0 bridgehead atoms. The molecule has 134 valence electrons. The Hall–Kier alpha value is -1.80. The van der Waals surface area contributed by atoms with Gasteiger partial charge in [-0.3, -0.25) is 9.10 Å². The fourth-order valence-corrected chi connectivity index (χ4v) is 3.89. The first kappa shape index (κ1) is 18.5. The number of carbonyl (C=O) groups excluding carboxylic acids is 1. The van der Waals surface area contributed by atoms with Crippen molar-refractivity contribution in [3.63, 3.8) is 0 Å². The maximum Gasteiger partial charge on any atom is 0.243 e. The molecule has 8 heteroatoms. The highest BCUT2D eigenvalue weighted by Crippen LogP contribution is 2.25. The van der Waals surface area contributed by atoms with Crippen LogP contribution in [0.2, 0.25) is 0 Å². The molecule has 0 spiro atoms. The van der Waals surface area contributed by atoms with Crippen LogP contribution in [0.4, 0.5) is 5.69 Å². The van der Waals surface area contributed by atoms with Crippen molar-refractivity contribution < 1.29 is 22.7 Å². The minimum Gasteiger partial charge on any atom is -0.497 e. The average Bonchev–Trinajstić information content (AvgIpc) is 3.05. The molecule has 1 heterocycles. The third-order valence-corrected chi connectivity index (χ3v) is 5.17. The molecule has 1 aliphatic heterocycles. The predicted molar refractivity (Wildman–Crippen MR) is 91.8 cm³/mol. The van der Waals surface area contributed by atoms with Crippen molar-refractivity contribution in [1.82, 2.24) is 5.32 Å². The van der Waals surface area contributed by atoms with E-state index in [0.29, 0.717) is 24.6 Å². The van der Waals surface area contributed by atoms with Gasteiger partial charge in [-0.2, -0.15) is 0 Å². The summed E-state index contributed by atoms with van der Waals surface area (Å²) in [6.45, 7) is 2.65. The van der Waals surface area contributed by atoms with Gasteiger partial charge in [0.05, 0.1) is 25.2 Å². The highest BCUT2D eigenvalue weighted by Gasteiger charge is 2.30. The standard InChI is InChI=1S/C16H24N2O5S/c1-12(16(19)17-11-15-8-5-9-23-15)18(24(3,20)21)13-6-4-7-14(10-13)22-2/h4,6-7,10,12,15H,5,8-9,11H2,1-3H3,(H,17,19)/t12-,15-/m0/s1. The van der Waals surface area contributed by atoms with E-state index < -0.39 is 16.1 Å². The van der Waals surface area contributed by atoms with Crippen LogP contribution in [0.25, 0.3) is 0 Å². The van der Waals surface area contributed by atoms with Crippen molar-refractivity contribution >= 4 is 21.6 Å². The van der Waals surface area contributed by atoms with E-state index in [4.69, 9.17) is 9.47 Å². The molecule has 0 unspecified atom stereocenters. The Morgan fingerprint density at radius 1 is 1.50 bits per heavy atom. The summed E-state index contributed by atoms with van der Waals surface area (Å²) in [4.78, 5) is 12.4. The lowest BCUT2D eigenvalue weighted by molar-refractivity contribution is -0.122. The predicted octanol–water partition coefficient (Wildman–Crippen LogP) is 1.14. The van der Waals surface area contributed by atoms with Crippen LogP contribution in [0.3, 0.4) is 0 Å². The Morgan fingerprint density at radius 2 is 2.25 bits per heavy atom. The second kappa shape index (κ2) is 7.85. The number of nitrogens with zero attached hydrogens (tertiary/aromatic N) is 1. The molecule has 0 aliphatic carbocycles. The van der Waals surface area contributed by atoms with E-state index in [-0.39, 0.29) is 12.0 Å². The van der Waals surface area contributed by atoms with Crippen molar-refractivity contribution in [2.75, 3.05) is 30.8 Å². The number of amides is 1. The van der Waals surface area contributed by atoms with Crippen LogP contribution in [-0.2, 0) is 19.6 Å². The highest BCUT2D eigenvalue weighted by atomic mass is 32.2. The largest absolute Gasteiger partial charge is 0.497 e. The van der Waals surface area contributed by atoms with Gasteiger partial charge in [0.1, 0.15) is 11.8 Å². The van der Waals surface area contributed by atoms with Gasteiger partial charge >= 0.3 is 0 Å². The number of anilines is 1. The van der Waals surface area contributed by atoms with Crippen LogP contribution in [0, 0.1) is 0 Å². The second-order valence-corrected chi connectivity index (χ2v) is 7.68. The molecule has 1 aliphatic rings. The molecule has 7 nitrogen and oxygen atoms in total. The molecule has 1 aromatic carbocycles. The van der Waals surface area contributed by atoms with E-state index in [0.717, 1.165) is 23.4 Å². The lowest BCUT2D eigenvalue weighted by Gasteiger charge is -2.28. The number of hydrogen-bond acceptors (Lipinski definition) is 5. The van der Waals surface area contributed by atoms with Crippen LogP contribution >= 0.6 is 0 Å². The van der Waals surface area contributed by atoms with E-state index >= 15 is 0 Å². The summed E-state index contributed by atoms with van der Waals surface area (Å²) in [6, 6.07) is 5.74. The van der Waals surface area contributed by atoms with Gasteiger partial charge in [-0.25, -0.2) is 8.42 Å². The van der Waals surface area contributed by atoms with Gasteiger partial charge in [0.25, 0.3) is 0 Å². The molecule has 24 heavy (non-hydrogen) atoms. The summed E-state index contributed by atoms with van der Waals surface area (Å²) < 4.78 is 36.1. The number of rotatable bonds is 7. The minimum atomic E-state index is -3.64. The zero-order chi connectivity index (χ0) is 17.7. The molecule has 1 N–H and O–H groups in total. The first-order valence-electron chi connectivity index (χ1n) is 7.85. The summed E-state index contributed by atoms with van der Waals surface area (Å²) in [7, 11) is -2.14. The lowest BCUT2D eigenvalue weighted by Crippen LogP contribution is -2.49. The number of benzene rings is 1. The Balaban J connectivity index is 2.15. The Morgan fingerprint density at radius 3 is 2.83 bits per heavy atom.